The van der Waals surface area contributed by atoms with E-state index >= 15 is 0 Å². The van der Waals surface area contributed by atoms with E-state index in [0.717, 1.165) is 18.4 Å². The van der Waals surface area contributed by atoms with Crippen LogP contribution in [0.25, 0.3) is 0 Å². The van der Waals surface area contributed by atoms with E-state index in [2.05, 4.69) is 41.6 Å². The minimum atomic E-state index is 0.590. The average Bonchev–Trinajstić information content (AvgIpc) is 2.82. The molecule has 1 fully saturated rings. The lowest BCUT2D eigenvalue weighted by molar-refractivity contribution is 0.329. The summed E-state index contributed by atoms with van der Waals surface area (Å²) >= 11 is 1.84. The zero-order valence-electron chi connectivity index (χ0n) is 12.2. The summed E-state index contributed by atoms with van der Waals surface area (Å²) in [6.45, 7) is 5.36. The summed E-state index contributed by atoms with van der Waals surface area (Å²) < 4.78 is 0. The van der Waals surface area contributed by atoms with Crippen LogP contribution in [0.3, 0.4) is 0 Å². The third-order valence-corrected chi connectivity index (χ3v) is 4.81. The molecule has 2 rings (SSSR count). The predicted molar refractivity (Wildman–Crippen MR) is 83.8 cm³/mol. The first kappa shape index (κ1) is 14.4. The van der Waals surface area contributed by atoms with Crippen LogP contribution in [-0.2, 0) is 6.54 Å². The standard InChI is InChI=1S/C15H25N3S/c1-11-4-7-13(8-5-11)18-15(16-3)17-10-14-9-6-12(2)19-14/h6,9,11,13H,4-5,7-8,10H2,1-3H3,(H2,16,17,18). The Balaban J connectivity index is 1.77. The molecule has 0 spiro atoms. The number of hydrogen-bond acceptors (Lipinski definition) is 2. The zero-order valence-corrected chi connectivity index (χ0v) is 13.0. The van der Waals surface area contributed by atoms with Gasteiger partial charge in [-0.1, -0.05) is 6.92 Å². The Morgan fingerprint density at radius 1 is 1.32 bits per heavy atom. The minimum Gasteiger partial charge on any atom is -0.354 e. The third kappa shape index (κ3) is 4.53. The van der Waals surface area contributed by atoms with Gasteiger partial charge in [-0.2, -0.15) is 0 Å². The summed E-state index contributed by atoms with van der Waals surface area (Å²) in [5.41, 5.74) is 0. The fourth-order valence-corrected chi connectivity index (χ4v) is 3.37. The fraction of sp³-hybridized carbons (Fsp3) is 0.667. The summed E-state index contributed by atoms with van der Waals surface area (Å²) in [5, 5.41) is 6.95. The number of hydrogen-bond donors (Lipinski definition) is 2. The Hall–Kier alpha value is -1.03. The number of nitrogens with one attached hydrogen (secondary N) is 2. The maximum atomic E-state index is 4.32. The fourth-order valence-electron chi connectivity index (χ4n) is 2.54. The number of aliphatic imine (C=N–C) groups is 1. The second-order valence-electron chi connectivity index (χ2n) is 5.54. The van der Waals surface area contributed by atoms with E-state index in [1.807, 2.05) is 18.4 Å². The molecular weight excluding hydrogens is 254 g/mol. The Morgan fingerprint density at radius 2 is 2.05 bits per heavy atom. The van der Waals surface area contributed by atoms with E-state index in [-0.39, 0.29) is 0 Å². The molecule has 106 valence electrons. The lowest BCUT2D eigenvalue weighted by Gasteiger charge is -2.28. The Kier molecular flexibility index (Phi) is 5.25. The van der Waals surface area contributed by atoms with Crippen molar-refractivity contribution in [3.63, 3.8) is 0 Å². The van der Waals surface area contributed by atoms with Gasteiger partial charge >= 0.3 is 0 Å². The van der Waals surface area contributed by atoms with Gasteiger partial charge in [0.05, 0.1) is 6.54 Å². The van der Waals surface area contributed by atoms with Crippen molar-refractivity contribution in [2.45, 2.75) is 52.1 Å². The van der Waals surface area contributed by atoms with Crippen LogP contribution in [0.4, 0.5) is 0 Å². The highest BCUT2D eigenvalue weighted by molar-refractivity contribution is 7.11. The normalized spacial score (nSPS) is 24.3. The van der Waals surface area contributed by atoms with Crippen LogP contribution in [0, 0.1) is 12.8 Å². The first-order chi connectivity index (χ1) is 9.17. The SMILES string of the molecule is CN=C(NCc1ccc(C)s1)NC1CCC(C)CC1. The Morgan fingerprint density at radius 3 is 2.63 bits per heavy atom. The van der Waals surface area contributed by atoms with Gasteiger partial charge in [0.15, 0.2) is 5.96 Å². The number of guanidine groups is 1. The van der Waals surface area contributed by atoms with E-state index in [4.69, 9.17) is 0 Å². The number of thiophene rings is 1. The molecule has 0 aliphatic heterocycles. The highest BCUT2D eigenvalue weighted by Gasteiger charge is 2.18. The summed E-state index contributed by atoms with van der Waals surface area (Å²) in [6.07, 6.45) is 5.19. The molecule has 1 aliphatic carbocycles. The molecule has 0 bridgehead atoms. The van der Waals surface area contributed by atoms with Crippen molar-refractivity contribution in [2.75, 3.05) is 7.05 Å². The van der Waals surface area contributed by atoms with Crippen molar-refractivity contribution in [1.82, 2.24) is 10.6 Å². The lowest BCUT2D eigenvalue weighted by Crippen LogP contribution is -2.44. The minimum absolute atomic E-state index is 0.590. The first-order valence-electron chi connectivity index (χ1n) is 7.20. The van der Waals surface area contributed by atoms with Gasteiger partial charge in [-0.05, 0) is 50.7 Å². The molecule has 0 aromatic carbocycles. The molecule has 1 aromatic rings. The lowest BCUT2D eigenvalue weighted by atomic mass is 9.87. The van der Waals surface area contributed by atoms with E-state index in [1.165, 1.54) is 35.4 Å². The predicted octanol–water partition coefficient (Wildman–Crippen LogP) is 3.30. The van der Waals surface area contributed by atoms with Crippen LogP contribution in [-0.4, -0.2) is 19.0 Å². The topological polar surface area (TPSA) is 36.4 Å². The summed E-state index contributed by atoms with van der Waals surface area (Å²) in [7, 11) is 1.85. The van der Waals surface area contributed by atoms with Gasteiger partial charge in [0.25, 0.3) is 0 Å². The van der Waals surface area contributed by atoms with Crippen LogP contribution in [0.2, 0.25) is 0 Å². The van der Waals surface area contributed by atoms with Crippen molar-refractivity contribution in [2.24, 2.45) is 10.9 Å². The summed E-state index contributed by atoms with van der Waals surface area (Å²) in [5.74, 6) is 1.83. The van der Waals surface area contributed by atoms with Gasteiger partial charge in [-0.15, -0.1) is 11.3 Å². The molecule has 0 saturated heterocycles. The molecule has 1 aromatic heterocycles. The van der Waals surface area contributed by atoms with Crippen molar-refractivity contribution in [3.05, 3.63) is 21.9 Å². The third-order valence-electron chi connectivity index (χ3n) is 3.81. The quantitative estimate of drug-likeness (QED) is 0.658. The van der Waals surface area contributed by atoms with Crippen molar-refractivity contribution in [1.29, 1.82) is 0 Å². The number of nitrogens with zero attached hydrogens (tertiary/aromatic N) is 1. The van der Waals surface area contributed by atoms with Crippen LogP contribution < -0.4 is 10.6 Å². The zero-order chi connectivity index (χ0) is 13.7. The van der Waals surface area contributed by atoms with Gasteiger partial charge in [0.1, 0.15) is 0 Å². The highest BCUT2D eigenvalue weighted by atomic mass is 32.1. The van der Waals surface area contributed by atoms with Crippen molar-refractivity contribution < 1.29 is 0 Å². The molecule has 19 heavy (non-hydrogen) atoms. The average molecular weight is 279 g/mol. The summed E-state index contributed by atoms with van der Waals surface area (Å²) in [4.78, 5) is 7.04. The smallest absolute Gasteiger partial charge is 0.191 e. The van der Waals surface area contributed by atoms with Gasteiger partial charge in [0.2, 0.25) is 0 Å². The molecule has 2 N–H and O–H groups in total. The van der Waals surface area contributed by atoms with E-state index in [1.54, 1.807) is 0 Å². The van der Waals surface area contributed by atoms with E-state index in [0.29, 0.717) is 6.04 Å². The first-order valence-corrected chi connectivity index (χ1v) is 8.01. The molecule has 1 heterocycles. The molecule has 0 atom stereocenters. The van der Waals surface area contributed by atoms with E-state index < -0.39 is 0 Å². The van der Waals surface area contributed by atoms with Crippen molar-refractivity contribution in [3.8, 4) is 0 Å². The maximum Gasteiger partial charge on any atom is 0.191 e. The molecule has 3 nitrogen and oxygen atoms in total. The van der Waals surface area contributed by atoms with Crippen LogP contribution in [0.1, 0.15) is 42.4 Å². The number of aryl methyl sites for hydroxylation is 1. The Bertz CT molecular complexity index is 417. The van der Waals surface area contributed by atoms with Gasteiger partial charge in [-0.3, -0.25) is 4.99 Å². The second kappa shape index (κ2) is 6.94. The molecule has 1 saturated carbocycles. The van der Waals surface area contributed by atoms with Gasteiger partial charge in [-0.25, -0.2) is 0 Å². The molecule has 0 radical (unpaired) electrons. The summed E-state index contributed by atoms with van der Waals surface area (Å²) in [6, 6.07) is 4.94. The van der Waals surface area contributed by atoms with Crippen molar-refractivity contribution >= 4 is 17.3 Å². The largest absolute Gasteiger partial charge is 0.354 e. The molecule has 0 amide bonds. The maximum absolute atomic E-state index is 4.32. The number of rotatable bonds is 3. The molecule has 4 heteroatoms. The van der Waals surface area contributed by atoms with Crippen LogP contribution in [0.15, 0.2) is 17.1 Å². The van der Waals surface area contributed by atoms with Crippen LogP contribution in [0.5, 0.6) is 0 Å². The monoisotopic (exact) mass is 279 g/mol. The Labute approximate surface area is 120 Å². The second-order valence-corrected chi connectivity index (χ2v) is 6.91. The van der Waals surface area contributed by atoms with Crippen LogP contribution >= 0.6 is 11.3 Å². The molecule has 1 aliphatic rings. The van der Waals surface area contributed by atoms with E-state index in [9.17, 15) is 0 Å². The van der Waals surface area contributed by atoms with Gasteiger partial charge < -0.3 is 10.6 Å². The molecule has 0 unspecified atom stereocenters. The highest BCUT2D eigenvalue weighted by Crippen LogP contribution is 2.23. The van der Waals surface area contributed by atoms with Gasteiger partial charge in [0, 0.05) is 22.8 Å². The molecular formula is C15H25N3S.